The maximum Gasteiger partial charge on any atom is 0.313 e. The van der Waals surface area contributed by atoms with Crippen molar-refractivity contribution in [2.24, 2.45) is 7.05 Å². The van der Waals surface area contributed by atoms with Gasteiger partial charge in [0.25, 0.3) is 0 Å². The highest BCUT2D eigenvalue weighted by molar-refractivity contribution is 7.99. The van der Waals surface area contributed by atoms with Gasteiger partial charge in [0, 0.05) is 13.0 Å². The fourth-order valence-corrected chi connectivity index (χ4v) is 4.19. The van der Waals surface area contributed by atoms with Gasteiger partial charge in [-0.25, -0.2) is 18.1 Å². The summed E-state index contributed by atoms with van der Waals surface area (Å²) < 4.78 is 24.2. The fraction of sp³-hybridized carbons (Fsp3) is 0.667. The van der Waals surface area contributed by atoms with Crippen LogP contribution in [0.15, 0.2) is 5.16 Å². The van der Waals surface area contributed by atoms with Crippen LogP contribution in [-0.4, -0.2) is 51.5 Å². The van der Waals surface area contributed by atoms with Crippen LogP contribution in [0.25, 0.3) is 0 Å². The molecule has 1 N–H and O–H groups in total. The average Bonchev–Trinajstić information content (AvgIpc) is 2.79. The van der Waals surface area contributed by atoms with Crippen molar-refractivity contribution < 1.29 is 18.3 Å². The van der Waals surface area contributed by atoms with Crippen molar-refractivity contribution >= 4 is 27.6 Å². The number of sulfone groups is 1. The molecule has 2 rings (SSSR count). The molecular formula is C9H13N3O4S2. The molecule has 0 spiro atoms. The van der Waals surface area contributed by atoms with E-state index in [1.807, 2.05) is 0 Å². The molecule has 0 radical (unpaired) electrons. The summed E-state index contributed by atoms with van der Waals surface area (Å²) >= 11 is 1.08. The van der Waals surface area contributed by atoms with E-state index in [0.29, 0.717) is 17.4 Å². The number of carboxylic acids is 1. The Morgan fingerprint density at radius 2 is 2.33 bits per heavy atom. The number of rotatable bonds is 4. The predicted molar refractivity (Wildman–Crippen MR) is 65.4 cm³/mol. The summed E-state index contributed by atoms with van der Waals surface area (Å²) in [7, 11) is -1.29. The van der Waals surface area contributed by atoms with Crippen molar-refractivity contribution in [1.29, 1.82) is 0 Å². The highest BCUT2D eigenvalue weighted by Gasteiger charge is 2.32. The third-order valence-electron chi connectivity index (χ3n) is 2.66. The number of nitrogens with zero attached hydrogens (tertiary/aromatic N) is 3. The molecular weight excluding hydrogens is 278 g/mol. The second kappa shape index (κ2) is 4.88. The Bertz CT molecular complexity index is 566. The van der Waals surface area contributed by atoms with Gasteiger partial charge < -0.3 is 5.11 Å². The first kappa shape index (κ1) is 13.3. The Balaban J connectivity index is 2.11. The van der Waals surface area contributed by atoms with Gasteiger partial charge in [0.1, 0.15) is 0 Å². The van der Waals surface area contributed by atoms with E-state index in [1.54, 1.807) is 7.05 Å². The fourth-order valence-electron chi connectivity index (χ4n) is 1.81. The number of hydrogen-bond acceptors (Lipinski definition) is 6. The zero-order valence-corrected chi connectivity index (χ0v) is 11.4. The molecule has 1 unspecified atom stereocenters. The second-order valence-corrected chi connectivity index (χ2v) is 7.33. The smallest absolute Gasteiger partial charge is 0.313 e. The molecule has 9 heteroatoms. The van der Waals surface area contributed by atoms with Crippen LogP contribution >= 0.6 is 11.8 Å². The largest absolute Gasteiger partial charge is 0.481 e. The zero-order chi connectivity index (χ0) is 13.3. The summed E-state index contributed by atoms with van der Waals surface area (Å²) in [6.45, 7) is 0. The van der Waals surface area contributed by atoms with Crippen LogP contribution < -0.4 is 0 Å². The molecule has 1 aliphatic rings. The monoisotopic (exact) mass is 291 g/mol. The number of carbonyl (C=O) groups is 1. The molecule has 0 aliphatic carbocycles. The predicted octanol–water partition coefficient (Wildman–Crippen LogP) is -0.106. The van der Waals surface area contributed by atoms with E-state index < -0.39 is 15.8 Å². The third-order valence-corrected chi connectivity index (χ3v) is 5.43. The minimum atomic E-state index is -2.96. The molecule has 1 fully saturated rings. The van der Waals surface area contributed by atoms with E-state index >= 15 is 0 Å². The molecule has 0 amide bonds. The lowest BCUT2D eigenvalue weighted by Gasteiger charge is -1.99. The molecule has 1 aromatic heterocycles. The molecule has 1 saturated heterocycles. The van der Waals surface area contributed by atoms with Gasteiger partial charge in [-0.1, -0.05) is 11.8 Å². The SMILES string of the molecule is Cn1nc(C2CCS(=O)(=O)C2)nc1SCC(=O)O. The lowest BCUT2D eigenvalue weighted by Crippen LogP contribution is -2.05. The average molecular weight is 291 g/mol. The van der Waals surface area contributed by atoms with Gasteiger partial charge in [-0.15, -0.1) is 0 Å². The van der Waals surface area contributed by atoms with Crippen molar-refractivity contribution in [3.8, 4) is 0 Å². The molecule has 0 bridgehead atoms. The summed E-state index contributed by atoms with van der Waals surface area (Å²) in [6, 6.07) is 0. The van der Waals surface area contributed by atoms with Crippen LogP contribution in [-0.2, 0) is 21.7 Å². The van der Waals surface area contributed by atoms with Crippen LogP contribution in [0.4, 0.5) is 0 Å². The maximum absolute atomic E-state index is 11.4. The number of aliphatic carboxylic acids is 1. The molecule has 1 aliphatic heterocycles. The Hall–Kier alpha value is -1.09. The molecule has 2 heterocycles. The summed E-state index contributed by atoms with van der Waals surface area (Å²) in [5.41, 5.74) is 0. The van der Waals surface area contributed by atoms with Gasteiger partial charge >= 0.3 is 5.97 Å². The molecule has 7 nitrogen and oxygen atoms in total. The van der Waals surface area contributed by atoms with Gasteiger partial charge in [-0.3, -0.25) is 4.79 Å². The van der Waals surface area contributed by atoms with E-state index in [0.717, 1.165) is 11.8 Å². The summed E-state index contributed by atoms with van der Waals surface area (Å²) in [5, 5.41) is 13.3. The standard InChI is InChI=1S/C9H13N3O4S2/c1-12-9(17-4-7(13)14)10-8(11-12)6-2-3-18(15,16)5-6/h6H,2-5H2,1H3,(H,13,14). The van der Waals surface area contributed by atoms with Crippen molar-refractivity contribution in [1.82, 2.24) is 14.8 Å². The molecule has 18 heavy (non-hydrogen) atoms. The molecule has 1 atom stereocenters. The van der Waals surface area contributed by atoms with Crippen molar-refractivity contribution in [2.45, 2.75) is 17.5 Å². The molecule has 100 valence electrons. The van der Waals surface area contributed by atoms with Crippen molar-refractivity contribution in [3.05, 3.63) is 5.82 Å². The number of hydrogen-bond donors (Lipinski definition) is 1. The first-order valence-corrected chi connectivity index (χ1v) is 8.14. The Labute approximate surface area is 109 Å². The van der Waals surface area contributed by atoms with Gasteiger partial charge in [-0.2, -0.15) is 5.10 Å². The summed E-state index contributed by atoms with van der Waals surface area (Å²) in [5.74, 6) is -0.428. The van der Waals surface area contributed by atoms with Crippen molar-refractivity contribution in [3.63, 3.8) is 0 Å². The highest BCUT2D eigenvalue weighted by Crippen LogP contribution is 2.28. The quantitative estimate of drug-likeness (QED) is 0.772. The maximum atomic E-state index is 11.4. The topological polar surface area (TPSA) is 102 Å². The molecule has 1 aromatic rings. The number of carboxylic acid groups (broad SMARTS) is 1. The van der Waals surface area contributed by atoms with E-state index in [2.05, 4.69) is 10.1 Å². The van der Waals surface area contributed by atoms with Gasteiger partial charge in [-0.05, 0) is 6.42 Å². The van der Waals surface area contributed by atoms with Crippen LogP contribution in [0, 0.1) is 0 Å². The van der Waals surface area contributed by atoms with Crippen LogP contribution in [0.5, 0.6) is 0 Å². The Morgan fingerprint density at radius 1 is 1.61 bits per heavy atom. The normalized spacial score (nSPS) is 22.2. The Morgan fingerprint density at radius 3 is 2.89 bits per heavy atom. The summed E-state index contributed by atoms with van der Waals surface area (Å²) in [6.07, 6.45) is 0.537. The summed E-state index contributed by atoms with van der Waals surface area (Å²) in [4.78, 5) is 14.7. The van der Waals surface area contributed by atoms with Crippen LogP contribution in [0.1, 0.15) is 18.2 Å². The number of aromatic nitrogens is 3. The number of thioether (sulfide) groups is 1. The van der Waals surface area contributed by atoms with E-state index in [4.69, 9.17) is 5.11 Å². The third kappa shape index (κ3) is 3.02. The van der Waals surface area contributed by atoms with E-state index in [9.17, 15) is 13.2 Å². The first-order valence-electron chi connectivity index (χ1n) is 5.33. The highest BCUT2D eigenvalue weighted by atomic mass is 32.2. The van der Waals surface area contributed by atoms with Gasteiger partial charge in [0.05, 0.1) is 17.3 Å². The Kier molecular flexibility index (Phi) is 3.62. The molecule has 0 aromatic carbocycles. The van der Waals surface area contributed by atoms with Crippen LogP contribution in [0.2, 0.25) is 0 Å². The first-order chi connectivity index (χ1) is 8.37. The van der Waals surface area contributed by atoms with Gasteiger partial charge in [0.2, 0.25) is 0 Å². The minimum absolute atomic E-state index is 0.0834. The lowest BCUT2D eigenvalue weighted by molar-refractivity contribution is -0.133. The van der Waals surface area contributed by atoms with Crippen LogP contribution in [0.3, 0.4) is 0 Å². The second-order valence-electron chi connectivity index (χ2n) is 4.16. The number of aryl methyl sites for hydroxylation is 1. The molecule has 0 saturated carbocycles. The zero-order valence-electron chi connectivity index (χ0n) is 9.74. The van der Waals surface area contributed by atoms with E-state index in [-0.39, 0.29) is 23.2 Å². The van der Waals surface area contributed by atoms with E-state index in [1.165, 1.54) is 4.68 Å². The minimum Gasteiger partial charge on any atom is -0.481 e. The van der Waals surface area contributed by atoms with Gasteiger partial charge in [0.15, 0.2) is 20.8 Å². The van der Waals surface area contributed by atoms with Crippen molar-refractivity contribution in [2.75, 3.05) is 17.3 Å². The lowest BCUT2D eigenvalue weighted by atomic mass is 10.1.